The highest BCUT2D eigenvalue weighted by atomic mass is 35.5. The van der Waals surface area contributed by atoms with Crippen molar-refractivity contribution in [2.24, 2.45) is 0 Å². The second kappa shape index (κ2) is 5.72. The maximum Gasteiger partial charge on any atom is 0.112 e. The average molecular weight is 267 g/mol. The first kappa shape index (κ1) is 13.4. The third-order valence-electron chi connectivity index (χ3n) is 2.99. The summed E-state index contributed by atoms with van der Waals surface area (Å²) in [7, 11) is 1.73. The van der Waals surface area contributed by atoms with E-state index in [2.05, 4.69) is 23.4 Å². The summed E-state index contributed by atoms with van der Waals surface area (Å²) < 4.78 is 7.39. The van der Waals surface area contributed by atoms with Crippen molar-refractivity contribution in [3.63, 3.8) is 0 Å². The van der Waals surface area contributed by atoms with Crippen LogP contribution in [0.15, 0.2) is 18.2 Å². The predicted molar refractivity (Wildman–Crippen MR) is 75.3 cm³/mol. The van der Waals surface area contributed by atoms with E-state index in [4.69, 9.17) is 16.3 Å². The lowest BCUT2D eigenvalue weighted by Gasteiger charge is -2.11. The molecule has 18 heavy (non-hydrogen) atoms. The Labute approximate surface area is 113 Å². The van der Waals surface area contributed by atoms with Crippen molar-refractivity contribution in [1.82, 2.24) is 9.55 Å². The van der Waals surface area contributed by atoms with Gasteiger partial charge in [-0.25, -0.2) is 4.98 Å². The summed E-state index contributed by atoms with van der Waals surface area (Å²) in [6.07, 6.45) is 0.990. The second-order valence-electron chi connectivity index (χ2n) is 4.76. The van der Waals surface area contributed by atoms with Crippen LogP contribution in [0, 0.1) is 0 Å². The van der Waals surface area contributed by atoms with E-state index < -0.39 is 0 Å². The van der Waals surface area contributed by atoms with Gasteiger partial charge in [-0.1, -0.05) is 25.4 Å². The molecule has 0 N–H and O–H groups in total. The van der Waals surface area contributed by atoms with Crippen molar-refractivity contribution in [3.8, 4) is 0 Å². The largest absolute Gasteiger partial charge is 0.385 e. The maximum absolute atomic E-state index is 6.02. The number of methoxy groups -OCH3 is 1. The maximum atomic E-state index is 6.02. The molecule has 0 amide bonds. The third-order valence-corrected chi connectivity index (χ3v) is 3.22. The fraction of sp³-hybridized carbons (Fsp3) is 0.500. The Morgan fingerprint density at radius 3 is 2.83 bits per heavy atom. The Kier molecular flexibility index (Phi) is 4.25. The number of aromatic nitrogens is 2. The van der Waals surface area contributed by atoms with E-state index in [1.54, 1.807) is 7.11 Å². The minimum absolute atomic E-state index is 0.402. The predicted octanol–water partition coefficient (Wildman–Crippen LogP) is 3.85. The molecule has 0 unspecified atom stereocenters. The topological polar surface area (TPSA) is 27.1 Å². The minimum atomic E-state index is 0.402. The van der Waals surface area contributed by atoms with Crippen LogP contribution < -0.4 is 0 Å². The first-order valence-corrected chi connectivity index (χ1v) is 6.66. The zero-order chi connectivity index (χ0) is 13.1. The molecule has 1 aromatic heterocycles. The molecule has 98 valence electrons. The van der Waals surface area contributed by atoms with Crippen molar-refractivity contribution >= 4 is 22.6 Å². The van der Waals surface area contributed by atoms with Gasteiger partial charge in [0.25, 0.3) is 0 Å². The van der Waals surface area contributed by atoms with Crippen LogP contribution in [-0.2, 0) is 11.3 Å². The highest BCUT2D eigenvalue weighted by Crippen LogP contribution is 2.24. The number of rotatable bonds is 5. The summed E-state index contributed by atoms with van der Waals surface area (Å²) in [6, 6.07) is 5.89. The van der Waals surface area contributed by atoms with E-state index >= 15 is 0 Å². The van der Waals surface area contributed by atoms with Crippen LogP contribution in [0.1, 0.15) is 32.0 Å². The van der Waals surface area contributed by atoms with Gasteiger partial charge >= 0.3 is 0 Å². The van der Waals surface area contributed by atoms with Crippen LogP contribution in [0.25, 0.3) is 11.0 Å². The van der Waals surface area contributed by atoms with Crippen molar-refractivity contribution < 1.29 is 4.74 Å². The van der Waals surface area contributed by atoms with E-state index in [9.17, 15) is 0 Å². The lowest BCUT2D eigenvalue weighted by Crippen LogP contribution is -2.07. The number of fused-ring (bicyclic) bond motifs is 1. The molecule has 0 aliphatic heterocycles. The zero-order valence-electron chi connectivity index (χ0n) is 11.1. The smallest absolute Gasteiger partial charge is 0.112 e. The van der Waals surface area contributed by atoms with Gasteiger partial charge in [-0.3, -0.25) is 0 Å². The highest BCUT2D eigenvalue weighted by molar-refractivity contribution is 6.31. The summed E-state index contributed by atoms with van der Waals surface area (Å²) in [5, 5.41) is 0.736. The monoisotopic (exact) mass is 266 g/mol. The lowest BCUT2D eigenvalue weighted by atomic mass is 10.2. The van der Waals surface area contributed by atoms with Crippen LogP contribution in [0.4, 0.5) is 0 Å². The van der Waals surface area contributed by atoms with Gasteiger partial charge in [0.2, 0.25) is 0 Å². The molecule has 0 aliphatic rings. The molecule has 1 aromatic carbocycles. The highest BCUT2D eigenvalue weighted by Gasteiger charge is 2.13. The van der Waals surface area contributed by atoms with Crippen LogP contribution in [0.2, 0.25) is 5.02 Å². The number of ether oxygens (including phenoxy) is 1. The normalized spacial score (nSPS) is 11.6. The Balaban J connectivity index is 2.42. The average Bonchev–Trinajstić information content (AvgIpc) is 2.68. The Bertz CT molecular complexity index is 534. The molecular weight excluding hydrogens is 248 g/mol. The molecule has 4 heteroatoms. The molecule has 0 atom stereocenters. The summed E-state index contributed by atoms with van der Waals surface area (Å²) in [6.45, 7) is 6.02. The van der Waals surface area contributed by atoms with Gasteiger partial charge in [-0.2, -0.15) is 0 Å². The van der Waals surface area contributed by atoms with E-state index in [0.29, 0.717) is 5.92 Å². The molecule has 0 fully saturated rings. The molecule has 0 saturated carbocycles. The molecule has 2 aromatic rings. The number of nitrogens with zero attached hydrogens (tertiary/aromatic N) is 2. The van der Waals surface area contributed by atoms with E-state index in [1.807, 2.05) is 18.2 Å². The van der Waals surface area contributed by atoms with Gasteiger partial charge in [0, 0.05) is 31.2 Å². The third kappa shape index (κ3) is 2.68. The van der Waals surface area contributed by atoms with Crippen molar-refractivity contribution in [3.05, 3.63) is 29.0 Å². The van der Waals surface area contributed by atoms with Gasteiger partial charge in [-0.05, 0) is 24.6 Å². The molecule has 0 radical (unpaired) electrons. The zero-order valence-corrected chi connectivity index (χ0v) is 11.9. The summed E-state index contributed by atoms with van der Waals surface area (Å²) in [4.78, 5) is 4.69. The summed E-state index contributed by atoms with van der Waals surface area (Å²) in [5.41, 5.74) is 2.13. The number of aryl methyl sites for hydroxylation is 1. The van der Waals surface area contributed by atoms with E-state index in [1.165, 1.54) is 0 Å². The summed E-state index contributed by atoms with van der Waals surface area (Å²) in [5.74, 6) is 1.52. The molecule has 3 nitrogen and oxygen atoms in total. The SMILES string of the molecule is COCCCn1c(C(C)C)nc2cc(Cl)ccc21. The lowest BCUT2D eigenvalue weighted by molar-refractivity contribution is 0.190. The van der Waals surface area contributed by atoms with Crippen LogP contribution in [-0.4, -0.2) is 23.3 Å². The Morgan fingerprint density at radius 1 is 1.39 bits per heavy atom. The Hall–Kier alpha value is -1.06. The molecule has 0 aliphatic carbocycles. The number of halogens is 1. The standard InChI is InChI=1S/C14H19ClN2O/c1-10(2)14-16-12-9-11(15)5-6-13(12)17(14)7-4-8-18-3/h5-6,9-10H,4,7-8H2,1-3H3. The van der Waals surface area contributed by atoms with Gasteiger partial charge in [0.1, 0.15) is 5.82 Å². The first-order chi connectivity index (χ1) is 8.63. The quantitative estimate of drug-likeness (QED) is 0.769. The van der Waals surface area contributed by atoms with Crippen LogP contribution in [0.3, 0.4) is 0 Å². The van der Waals surface area contributed by atoms with Crippen molar-refractivity contribution in [2.45, 2.75) is 32.7 Å². The van der Waals surface area contributed by atoms with E-state index in [-0.39, 0.29) is 0 Å². The van der Waals surface area contributed by atoms with Gasteiger partial charge in [0.15, 0.2) is 0 Å². The molecule has 0 spiro atoms. The van der Waals surface area contributed by atoms with Crippen molar-refractivity contribution in [1.29, 1.82) is 0 Å². The van der Waals surface area contributed by atoms with Gasteiger partial charge < -0.3 is 9.30 Å². The number of benzene rings is 1. The van der Waals surface area contributed by atoms with Crippen LogP contribution in [0.5, 0.6) is 0 Å². The van der Waals surface area contributed by atoms with E-state index in [0.717, 1.165) is 41.5 Å². The molecule has 1 heterocycles. The fourth-order valence-electron chi connectivity index (χ4n) is 2.16. The number of hydrogen-bond acceptors (Lipinski definition) is 2. The van der Waals surface area contributed by atoms with Gasteiger partial charge in [-0.15, -0.1) is 0 Å². The van der Waals surface area contributed by atoms with Crippen LogP contribution >= 0.6 is 11.6 Å². The second-order valence-corrected chi connectivity index (χ2v) is 5.19. The molecular formula is C14H19ClN2O. The summed E-state index contributed by atoms with van der Waals surface area (Å²) >= 11 is 6.02. The first-order valence-electron chi connectivity index (χ1n) is 6.28. The minimum Gasteiger partial charge on any atom is -0.385 e. The molecule has 0 bridgehead atoms. The number of hydrogen-bond donors (Lipinski definition) is 0. The van der Waals surface area contributed by atoms with Gasteiger partial charge in [0.05, 0.1) is 11.0 Å². The fourth-order valence-corrected chi connectivity index (χ4v) is 2.33. The number of imidazole rings is 1. The van der Waals surface area contributed by atoms with Crippen molar-refractivity contribution in [2.75, 3.05) is 13.7 Å². The Morgan fingerprint density at radius 2 is 2.17 bits per heavy atom. The molecule has 2 rings (SSSR count). The molecule has 0 saturated heterocycles.